The van der Waals surface area contributed by atoms with Crippen LogP contribution in [0.25, 0.3) is 5.65 Å². The number of likely N-dealkylation sites (tertiary alicyclic amines) is 1. The fourth-order valence-corrected chi connectivity index (χ4v) is 6.36. The fraction of sp³-hybridized carbons (Fsp3) is 0.567. The lowest BCUT2D eigenvalue weighted by Gasteiger charge is -2.44. The molecule has 2 fully saturated rings. The molecule has 5 rings (SSSR count). The number of hydrogen-bond donors (Lipinski definition) is 1. The van der Waals surface area contributed by atoms with Crippen LogP contribution >= 0.6 is 0 Å². The molecule has 0 spiro atoms. The van der Waals surface area contributed by atoms with Crippen LogP contribution in [0.1, 0.15) is 68.9 Å². The smallest absolute Gasteiger partial charge is 0.393 e. The number of hydrogen-bond acceptors (Lipinski definition) is 5. The van der Waals surface area contributed by atoms with Crippen molar-refractivity contribution >= 4 is 11.6 Å². The zero-order valence-corrected chi connectivity index (χ0v) is 23.3. The molecule has 2 aliphatic rings. The lowest BCUT2D eigenvalue weighted by Crippen LogP contribution is -2.54. The largest absolute Gasteiger partial charge is 0.497 e. The number of alkyl halides is 3. The van der Waals surface area contributed by atoms with E-state index < -0.39 is 17.5 Å². The molecule has 3 heterocycles. The first-order valence-electron chi connectivity index (χ1n) is 14.0. The van der Waals surface area contributed by atoms with E-state index in [2.05, 4.69) is 17.0 Å². The van der Waals surface area contributed by atoms with E-state index in [0.717, 1.165) is 42.9 Å². The number of rotatable bonds is 7. The molecule has 216 valence electrons. The molecule has 1 saturated carbocycles. The number of carbonyl (C=O) groups excluding carboxylic acids is 1. The number of carbonyl (C=O) groups is 1. The quantitative estimate of drug-likeness (QED) is 0.401. The molecular formula is C30H38F3N5O2. The summed E-state index contributed by atoms with van der Waals surface area (Å²) in [6, 6.07) is 10.4. The Labute approximate surface area is 232 Å². The Morgan fingerprint density at radius 1 is 1.12 bits per heavy atom. The molecule has 0 bridgehead atoms. The summed E-state index contributed by atoms with van der Waals surface area (Å²) in [5.41, 5.74) is 8.02. The number of benzene rings is 1. The summed E-state index contributed by atoms with van der Waals surface area (Å²) < 4.78 is 48.9. The van der Waals surface area contributed by atoms with Gasteiger partial charge in [-0.2, -0.15) is 18.3 Å². The van der Waals surface area contributed by atoms with Gasteiger partial charge in [0.1, 0.15) is 5.75 Å². The van der Waals surface area contributed by atoms with Crippen molar-refractivity contribution in [3.05, 3.63) is 59.5 Å². The Balaban J connectivity index is 1.36. The first kappa shape index (κ1) is 28.4. The van der Waals surface area contributed by atoms with Crippen molar-refractivity contribution in [1.82, 2.24) is 19.5 Å². The van der Waals surface area contributed by atoms with Gasteiger partial charge in [-0.1, -0.05) is 38.8 Å². The molecule has 3 aromatic rings. The highest BCUT2D eigenvalue weighted by Gasteiger charge is 2.52. The summed E-state index contributed by atoms with van der Waals surface area (Å²) >= 11 is 0. The van der Waals surface area contributed by atoms with Crippen molar-refractivity contribution < 1.29 is 22.7 Å². The SMILES string of the molecule is COc1ccc(CN2C[C@H](C(F)(F)F)CC(C)(Cc3ccc4nc([C@@H](N)C5CCC(C)CC5)cn4n3)C2=O)cc1. The molecule has 40 heavy (non-hydrogen) atoms. The van der Waals surface area contributed by atoms with E-state index >= 15 is 0 Å². The molecule has 1 amide bonds. The van der Waals surface area contributed by atoms with Gasteiger partial charge >= 0.3 is 6.18 Å². The molecule has 10 heteroatoms. The van der Waals surface area contributed by atoms with Crippen LogP contribution in [0.4, 0.5) is 13.2 Å². The van der Waals surface area contributed by atoms with E-state index in [1.807, 2.05) is 6.20 Å². The minimum Gasteiger partial charge on any atom is -0.497 e. The highest BCUT2D eigenvalue weighted by Crippen LogP contribution is 2.44. The lowest BCUT2D eigenvalue weighted by atomic mass is 9.72. The van der Waals surface area contributed by atoms with Crippen LogP contribution in [-0.2, 0) is 17.8 Å². The molecule has 2 N–H and O–H groups in total. The number of nitrogens with zero attached hydrogens (tertiary/aromatic N) is 4. The maximum Gasteiger partial charge on any atom is 0.393 e. The molecule has 1 saturated heterocycles. The normalized spacial score (nSPS) is 26.7. The average Bonchev–Trinajstić information content (AvgIpc) is 3.34. The van der Waals surface area contributed by atoms with Crippen molar-refractivity contribution in [1.29, 1.82) is 0 Å². The first-order chi connectivity index (χ1) is 18.9. The van der Waals surface area contributed by atoms with Crippen molar-refractivity contribution in [2.24, 2.45) is 28.9 Å². The summed E-state index contributed by atoms with van der Waals surface area (Å²) in [6.07, 6.45) is 1.68. The van der Waals surface area contributed by atoms with Crippen LogP contribution in [0.2, 0.25) is 0 Å². The second-order valence-electron chi connectivity index (χ2n) is 12.1. The van der Waals surface area contributed by atoms with Gasteiger partial charge in [0.15, 0.2) is 5.65 Å². The van der Waals surface area contributed by atoms with Crippen molar-refractivity contribution in [2.75, 3.05) is 13.7 Å². The van der Waals surface area contributed by atoms with E-state index in [9.17, 15) is 18.0 Å². The topological polar surface area (TPSA) is 85.8 Å². The van der Waals surface area contributed by atoms with Crippen molar-refractivity contribution in [2.45, 2.75) is 71.1 Å². The van der Waals surface area contributed by atoms with E-state index in [-0.39, 0.29) is 37.9 Å². The molecule has 1 aromatic carbocycles. The molecule has 3 atom stereocenters. The Hall–Kier alpha value is -3.14. The predicted octanol–water partition coefficient (Wildman–Crippen LogP) is 5.72. The van der Waals surface area contributed by atoms with Crippen molar-refractivity contribution in [3.63, 3.8) is 0 Å². The van der Waals surface area contributed by atoms with Gasteiger partial charge in [0.2, 0.25) is 5.91 Å². The highest BCUT2D eigenvalue weighted by molar-refractivity contribution is 5.83. The summed E-state index contributed by atoms with van der Waals surface area (Å²) in [5, 5.41) is 4.66. The van der Waals surface area contributed by atoms with Gasteiger partial charge in [-0.15, -0.1) is 0 Å². The molecule has 1 aliphatic carbocycles. The van der Waals surface area contributed by atoms with Crippen LogP contribution in [-0.4, -0.2) is 45.2 Å². The van der Waals surface area contributed by atoms with Gasteiger partial charge < -0.3 is 15.4 Å². The first-order valence-corrected chi connectivity index (χ1v) is 14.0. The summed E-state index contributed by atoms with van der Waals surface area (Å²) in [4.78, 5) is 19.7. The Morgan fingerprint density at radius 3 is 2.48 bits per heavy atom. The maximum absolute atomic E-state index is 14.0. The van der Waals surface area contributed by atoms with E-state index in [4.69, 9.17) is 10.5 Å². The minimum absolute atomic E-state index is 0.0908. The molecule has 0 radical (unpaired) electrons. The van der Waals surface area contributed by atoms with Crippen LogP contribution in [0.15, 0.2) is 42.6 Å². The zero-order chi connectivity index (χ0) is 28.7. The number of halogens is 3. The Kier molecular flexibility index (Phi) is 7.83. The standard InChI is InChI=1S/C30H38F3N5O2/c1-19-4-8-21(9-5-19)27(34)25-18-38-26(35-25)13-10-23(36-38)15-29(2)14-22(30(31,32)33)17-37(28(29)39)16-20-6-11-24(40-3)12-7-20/h6-7,10-13,18-19,21-22,27H,4-5,8-9,14-17,34H2,1-3H3/t19?,21?,22-,27+,29?/m1/s1. The molecular weight excluding hydrogens is 519 g/mol. The maximum atomic E-state index is 14.0. The van der Waals surface area contributed by atoms with Gasteiger partial charge in [0.25, 0.3) is 0 Å². The number of ether oxygens (including phenoxy) is 1. The third-order valence-corrected chi connectivity index (χ3v) is 8.81. The van der Waals surface area contributed by atoms with Crippen LogP contribution in [0.5, 0.6) is 5.75 Å². The number of methoxy groups -OCH3 is 1. The minimum atomic E-state index is -4.41. The summed E-state index contributed by atoms with van der Waals surface area (Å²) in [6.45, 7) is 3.63. The molecule has 1 unspecified atom stereocenters. The Morgan fingerprint density at radius 2 is 1.82 bits per heavy atom. The predicted molar refractivity (Wildman–Crippen MR) is 145 cm³/mol. The molecule has 7 nitrogen and oxygen atoms in total. The van der Waals surface area contributed by atoms with Gasteiger partial charge in [-0.25, -0.2) is 9.50 Å². The highest BCUT2D eigenvalue weighted by atomic mass is 19.4. The lowest BCUT2D eigenvalue weighted by molar-refractivity contribution is -0.202. The Bertz CT molecular complexity index is 1330. The summed E-state index contributed by atoms with van der Waals surface area (Å²) in [5.74, 6) is -0.180. The third kappa shape index (κ3) is 5.96. The molecule has 1 aliphatic heterocycles. The second kappa shape index (κ2) is 11.0. The number of piperidine rings is 1. The molecule has 2 aromatic heterocycles. The van der Waals surface area contributed by atoms with Gasteiger partial charge in [-0.3, -0.25) is 4.79 Å². The fourth-order valence-electron chi connectivity index (χ4n) is 6.36. The number of imidazole rings is 1. The third-order valence-electron chi connectivity index (χ3n) is 8.81. The van der Waals surface area contributed by atoms with Gasteiger partial charge in [-0.05, 0) is 60.9 Å². The van der Waals surface area contributed by atoms with E-state index in [0.29, 0.717) is 23.0 Å². The second-order valence-corrected chi connectivity index (χ2v) is 12.1. The summed E-state index contributed by atoms with van der Waals surface area (Å²) in [7, 11) is 1.55. The number of amides is 1. The van der Waals surface area contributed by atoms with Gasteiger partial charge in [0.05, 0.1) is 42.1 Å². The van der Waals surface area contributed by atoms with Crippen molar-refractivity contribution in [3.8, 4) is 5.75 Å². The van der Waals surface area contributed by atoms with E-state index in [1.54, 1.807) is 54.9 Å². The monoisotopic (exact) mass is 557 g/mol. The zero-order valence-electron chi connectivity index (χ0n) is 23.3. The van der Waals surface area contributed by atoms with Crippen LogP contribution < -0.4 is 10.5 Å². The van der Waals surface area contributed by atoms with Crippen LogP contribution in [0, 0.1) is 23.2 Å². The number of nitrogens with two attached hydrogens (primary N) is 1. The van der Waals surface area contributed by atoms with E-state index in [1.165, 1.54) is 4.90 Å². The van der Waals surface area contributed by atoms with Crippen LogP contribution in [0.3, 0.4) is 0 Å². The van der Waals surface area contributed by atoms with Gasteiger partial charge in [0, 0.05) is 19.5 Å². The number of aromatic nitrogens is 3. The average molecular weight is 558 g/mol. The number of fused-ring (bicyclic) bond motifs is 1.